The van der Waals surface area contributed by atoms with Gasteiger partial charge in [-0.2, -0.15) is 4.98 Å². The molecule has 23 heavy (non-hydrogen) atoms. The molecule has 114 valence electrons. The number of aromatic nitrogens is 2. The average molecular weight is 303 g/mol. The Morgan fingerprint density at radius 1 is 1.00 bits per heavy atom. The maximum Gasteiger partial charge on any atom is 0.258 e. The summed E-state index contributed by atoms with van der Waals surface area (Å²) in [6.07, 6.45) is 3.97. The summed E-state index contributed by atoms with van der Waals surface area (Å²) in [6, 6.07) is 14.9. The predicted octanol–water partition coefficient (Wildman–Crippen LogP) is 3.65. The van der Waals surface area contributed by atoms with Crippen molar-refractivity contribution in [2.75, 3.05) is 0 Å². The van der Waals surface area contributed by atoms with E-state index in [-0.39, 0.29) is 5.54 Å². The number of nitrogens with zero attached hydrogens (tertiary/aromatic N) is 2. The molecule has 0 unspecified atom stereocenters. The summed E-state index contributed by atoms with van der Waals surface area (Å²) in [4.78, 5) is 4.55. The SMILES string of the molecule is NC1(c2noc(-c3ccc4c(c3)Cc3ccccc3-4)n2)CCC1. The lowest BCUT2D eigenvalue weighted by atomic mass is 9.77. The number of hydrogen-bond acceptors (Lipinski definition) is 4. The summed E-state index contributed by atoms with van der Waals surface area (Å²) in [6.45, 7) is 0. The van der Waals surface area contributed by atoms with Gasteiger partial charge in [0, 0.05) is 5.56 Å². The highest BCUT2D eigenvalue weighted by Gasteiger charge is 2.39. The van der Waals surface area contributed by atoms with Crippen LogP contribution in [0.1, 0.15) is 36.2 Å². The van der Waals surface area contributed by atoms with E-state index >= 15 is 0 Å². The quantitative estimate of drug-likeness (QED) is 0.614. The monoisotopic (exact) mass is 303 g/mol. The first-order valence-electron chi connectivity index (χ1n) is 8.08. The summed E-state index contributed by atoms with van der Waals surface area (Å²) in [7, 11) is 0. The van der Waals surface area contributed by atoms with Gasteiger partial charge in [0.15, 0.2) is 5.82 Å². The Morgan fingerprint density at radius 3 is 2.65 bits per heavy atom. The average Bonchev–Trinajstić information content (AvgIpc) is 3.16. The Kier molecular flexibility index (Phi) is 2.56. The fourth-order valence-electron chi connectivity index (χ4n) is 3.60. The maximum atomic E-state index is 6.28. The number of nitrogens with two attached hydrogens (primary N) is 1. The fraction of sp³-hybridized carbons (Fsp3) is 0.263. The summed E-state index contributed by atoms with van der Waals surface area (Å²) in [5.74, 6) is 1.21. The van der Waals surface area contributed by atoms with Gasteiger partial charge in [-0.25, -0.2) is 0 Å². The van der Waals surface area contributed by atoms with Gasteiger partial charge < -0.3 is 10.3 Å². The molecule has 4 nitrogen and oxygen atoms in total. The molecule has 1 fully saturated rings. The van der Waals surface area contributed by atoms with Crippen LogP contribution < -0.4 is 5.73 Å². The van der Waals surface area contributed by atoms with Gasteiger partial charge in [-0.05, 0) is 60.1 Å². The van der Waals surface area contributed by atoms with Gasteiger partial charge in [-0.1, -0.05) is 35.5 Å². The zero-order valence-corrected chi connectivity index (χ0v) is 12.7. The predicted molar refractivity (Wildman–Crippen MR) is 87.7 cm³/mol. The van der Waals surface area contributed by atoms with Gasteiger partial charge >= 0.3 is 0 Å². The van der Waals surface area contributed by atoms with Crippen LogP contribution in [0.2, 0.25) is 0 Å². The molecule has 4 heteroatoms. The Bertz CT molecular complexity index is 908. The lowest BCUT2D eigenvalue weighted by molar-refractivity contribution is 0.229. The molecule has 0 amide bonds. The normalized spacial score (nSPS) is 17.4. The Morgan fingerprint density at radius 2 is 1.83 bits per heavy atom. The molecule has 0 radical (unpaired) electrons. The van der Waals surface area contributed by atoms with Crippen LogP contribution >= 0.6 is 0 Å². The zero-order valence-electron chi connectivity index (χ0n) is 12.7. The molecule has 0 atom stereocenters. The van der Waals surface area contributed by atoms with Crippen molar-refractivity contribution in [1.29, 1.82) is 0 Å². The van der Waals surface area contributed by atoms with E-state index in [2.05, 4.69) is 52.6 Å². The van der Waals surface area contributed by atoms with Crippen molar-refractivity contribution in [3.8, 4) is 22.6 Å². The minimum atomic E-state index is -0.380. The van der Waals surface area contributed by atoms with Crippen LogP contribution in [-0.2, 0) is 12.0 Å². The van der Waals surface area contributed by atoms with Crippen molar-refractivity contribution in [2.45, 2.75) is 31.2 Å². The highest BCUT2D eigenvalue weighted by molar-refractivity contribution is 5.79. The van der Waals surface area contributed by atoms with Crippen LogP contribution in [0.3, 0.4) is 0 Å². The Hall–Kier alpha value is -2.46. The molecule has 2 aliphatic carbocycles. The van der Waals surface area contributed by atoms with E-state index in [0.717, 1.165) is 31.2 Å². The number of fused-ring (bicyclic) bond motifs is 3. The highest BCUT2D eigenvalue weighted by atomic mass is 16.5. The molecule has 0 spiro atoms. The van der Waals surface area contributed by atoms with E-state index in [1.54, 1.807) is 0 Å². The van der Waals surface area contributed by atoms with E-state index in [4.69, 9.17) is 10.3 Å². The number of benzene rings is 2. The van der Waals surface area contributed by atoms with Crippen molar-refractivity contribution in [3.05, 3.63) is 59.4 Å². The molecule has 0 saturated heterocycles. The van der Waals surface area contributed by atoms with E-state index in [9.17, 15) is 0 Å². The highest BCUT2D eigenvalue weighted by Crippen LogP contribution is 2.40. The van der Waals surface area contributed by atoms with E-state index in [1.807, 2.05) is 0 Å². The van der Waals surface area contributed by atoms with Gasteiger partial charge in [-0.15, -0.1) is 0 Å². The molecule has 1 aromatic heterocycles. The van der Waals surface area contributed by atoms with Crippen molar-refractivity contribution < 1.29 is 4.52 Å². The molecule has 5 rings (SSSR count). The van der Waals surface area contributed by atoms with Crippen LogP contribution in [0.25, 0.3) is 22.6 Å². The molecular weight excluding hydrogens is 286 g/mol. The van der Waals surface area contributed by atoms with Crippen molar-refractivity contribution >= 4 is 0 Å². The Balaban J connectivity index is 1.53. The van der Waals surface area contributed by atoms with Crippen molar-refractivity contribution in [3.63, 3.8) is 0 Å². The first kappa shape index (κ1) is 13.0. The van der Waals surface area contributed by atoms with Gasteiger partial charge in [0.1, 0.15) is 0 Å². The number of rotatable bonds is 2. The molecule has 1 heterocycles. The second-order valence-electron chi connectivity index (χ2n) is 6.64. The van der Waals surface area contributed by atoms with Gasteiger partial charge in [0.05, 0.1) is 5.54 Å². The molecule has 0 aliphatic heterocycles. The Labute approximate surface area is 134 Å². The van der Waals surface area contributed by atoms with E-state index in [1.165, 1.54) is 22.3 Å². The van der Waals surface area contributed by atoms with Crippen LogP contribution in [-0.4, -0.2) is 10.1 Å². The third kappa shape index (κ3) is 1.88. The second kappa shape index (κ2) is 4.52. The van der Waals surface area contributed by atoms with Gasteiger partial charge in [0.2, 0.25) is 0 Å². The molecule has 2 aromatic carbocycles. The summed E-state index contributed by atoms with van der Waals surface area (Å²) < 4.78 is 5.47. The smallest absolute Gasteiger partial charge is 0.258 e. The zero-order chi connectivity index (χ0) is 15.4. The lowest BCUT2D eigenvalue weighted by Crippen LogP contribution is -2.44. The first-order chi connectivity index (χ1) is 11.2. The molecular formula is C19H17N3O. The summed E-state index contributed by atoms with van der Waals surface area (Å²) in [5.41, 5.74) is 12.2. The molecule has 2 aliphatic rings. The van der Waals surface area contributed by atoms with E-state index in [0.29, 0.717) is 11.7 Å². The second-order valence-corrected chi connectivity index (χ2v) is 6.64. The molecule has 0 bridgehead atoms. The molecule has 2 N–H and O–H groups in total. The van der Waals surface area contributed by atoms with Crippen LogP contribution in [0.15, 0.2) is 47.0 Å². The summed E-state index contributed by atoms with van der Waals surface area (Å²) in [5, 5.41) is 4.11. The fourth-order valence-corrected chi connectivity index (χ4v) is 3.60. The molecule has 3 aromatic rings. The maximum absolute atomic E-state index is 6.28. The third-order valence-corrected chi connectivity index (χ3v) is 5.16. The summed E-state index contributed by atoms with van der Waals surface area (Å²) >= 11 is 0. The minimum Gasteiger partial charge on any atom is -0.334 e. The van der Waals surface area contributed by atoms with Crippen LogP contribution in [0, 0.1) is 0 Å². The first-order valence-corrected chi connectivity index (χ1v) is 8.08. The van der Waals surface area contributed by atoms with E-state index < -0.39 is 0 Å². The largest absolute Gasteiger partial charge is 0.334 e. The minimum absolute atomic E-state index is 0.380. The van der Waals surface area contributed by atoms with Crippen molar-refractivity contribution in [2.24, 2.45) is 5.73 Å². The standard InChI is InChI=1S/C19H17N3O/c20-19(8-3-9-19)18-21-17(23-22-18)13-6-7-16-14(11-13)10-12-4-1-2-5-15(12)16/h1-2,4-7,11H,3,8-10,20H2. The van der Waals surface area contributed by atoms with Gasteiger partial charge in [-0.3, -0.25) is 0 Å². The third-order valence-electron chi connectivity index (χ3n) is 5.16. The topological polar surface area (TPSA) is 64.9 Å². The number of hydrogen-bond donors (Lipinski definition) is 1. The van der Waals surface area contributed by atoms with Crippen molar-refractivity contribution in [1.82, 2.24) is 10.1 Å². The molecule has 1 saturated carbocycles. The van der Waals surface area contributed by atoms with Crippen LogP contribution in [0.5, 0.6) is 0 Å². The lowest BCUT2D eigenvalue weighted by Gasteiger charge is -2.34. The van der Waals surface area contributed by atoms with Gasteiger partial charge in [0.25, 0.3) is 5.89 Å². The van der Waals surface area contributed by atoms with Crippen LogP contribution in [0.4, 0.5) is 0 Å².